The van der Waals surface area contributed by atoms with E-state index in [4.69, 9.17) is 0 Å². The number of methoxy groups -OCH3 is 1. The number of carbonyl (C=O) groups is 2. The Bertz CT molecular complexity index is 265. The number of amides is 1. The van der Waals surface area contributed by atoms with Crippen LogP contribution < -0.4 is 5.32 Å². The van der Waals surface area contributed by atoms with E-state index in [1.807, 2.05) is 0 Å². The van der Waals surface area contributed by atoms with Gasteiger partial charge in [-0.05, 0) is 0 Å². The van der Waals surface area contributed by atoms with Crippen LogP contribution >= 0.6 is 0 Å². The van der Waals surface area contributed by atoms with Gasteiger partial charge in [-0.3, -0.25) is 9.59 Å². The predicted octanol–water partition coefficient (Wildman–Crippen LogP) is -1.02. The lowest BCUT2D eigenvalue weighted by molar-refractivity contribution is -0.146. The van der Waals surface area contributed by atoms with Gasteiger partial charge in [-0.15, -0.1) is 0 Å². The molecule has 2 atom stereocenters. The van der Waals surface area contributed by atoms with Crippen molar-refractivity contribution in [1.82, 2.24) is 10.2 Å². The van der Waals surface area contributed by atoms with Crippen LogP contribution in [0.3, 0.4) is 0 Å². The number of piperazine rings is 1. The summed E-state index contributed by atoms with van der Waals surface area (Å²) in [4.78, 5) is 24.7. The molecule has 0 saturated carbocycles. The highest BCUT2D eigenvalue weighted by Crippen LogP contribution is 2.27. The third-order valence-electron chi connectivity index (χ3n) is 2.97. The fourth-order valence-corrected chi connectivity index (χ4v) is 2.23. The topological polar surface area (TPSA) is 58.6 Å². The Hall–Kier alpha value is -1.10. The second kappa shape index (κ2) is 3.57. The van der Waals surface area contributed by atoms with E-state index in [1.165, 1.54) is 7.11 Å². The zero-order valence-corrected chi connectivity index (χ0v) is 8.16. The highest BCUT2D eigenvalue weighted by Gasteiger charge is 2.44. The van der Waals surface area contributed by atoms with Gasteiger partial charge < -0.3 is 15.0 Å². The molecule has 0 aliphatic carbocycles. The van der Waals surface area contributed by atoms with Crippen LogP contribution in [0.4, 0.5) is 0 Å². The van der Waals surface area contributed by atoms with E-state index in [-0.39, 0.29) is 23.8 Å². The molecule has 14 heavy (non-hydrogen) atoms. The smallest absolute Gasteiger partial charge is 0.311 e. The van der Waals surface area contributed by atoms with E-state index < -0.39 is 0 Å². The third-order valence-corrected chi connectivity index (χ3v) is 2.97. The van der Waals surface area contributed by atoms with Crippen LogP contribution in [0.5, 0.6) is 0 Å². The molecule has 2 fully saturated rings. The quantitative estimate of drug-likeness (QED) is 0.548. The first kappa shape index (κ1) is 9.45. The normalized spacial score (nSPS) is 31.5. The Balaban J connectivity index is 2.13. The number of fused-ring (bicyclic) bond motifs is 1. The van der Waals surface area contributed by atoms with E-state index in [9.17, 15) is 9.59 Å². The Morgan fingerprint density at radius 3 is 3.14 bits per heavy atom. The van der Waals surface area contributed by atoms with Gasteiger partial charge in [0, 0.05) is 26.1 Å². The summed E-state index contributed by atoms with van der Waals surface area (Å²) in [6.45, 7) is 2.22. The SMILES string of the molecule is COC(=O)C1CC(=O)N2CCNCC12. The molecule has 2 aliphatic rings. The number of carbonyl (C=O) groups excluding carboxylic acids is 2. The zero-order valence-electron chi connectivity index (χ0n) is 8.16. The van der Waals surface area contributed by atoms with Crippen LogP contribution in [0.25, 0.3) is 0 Å². The molecule has 2 rings (SSSR count). The Morgan fingerprint density at radius 2 is 2.43 bits per heavy atom. The van der Waals surface area contributed by atoms with Crippen molar-refractivity contribution >= 4 is 11.9 Å². The van der Waals surface area contributed by atoms with E-state index >= 15 is 0 Å². The van der Waals surface area contributed by atoms with Crippen LogP contribution in [-0.4, -0.2) is 49.6 Å². The average molecular weight is 198 g/mol. The summed E-state index contributed by atoms with van der Waals surface area (Å²) in [7, 11) is 1.37. The minimum Gasteiger partial charge on any atom is -0.469 e. The molecule has 0 aromatic rings. The van der Waals surface area contributed by atoms with Crippen LogP contribution in [0.15, 0.2) is 0 Å². The molecule has 0 aromatic heterocycles. The Labute approximate surface area is 82.4 Å². The van der Waals surface area contributed by atoms with Crippen molar-refractivity contribution in [2.45, 2.75) is 12.5 Å². The largest absolute Gasteiger partial charge is 0.469 e. The van der Waals surface area contributed by atoms with Crippen LogP contribution in [0, 0.1) is 5.92 Å². The van der Waals surface area contributed by atoms with Crippen molar-refractivity contribution in [3.05, 3.63) is 0 Å². The number of nitrogens with one attached hydrogen (secondary N) is 1. The average Bonchev–Trinajstić information content (AvgIpc) is 2.56. The predicted molar refractivity (Wildman–Crippen MR) is 48.5 cm³/mol. The Kier molecular flexibility index (Phi) is 2.41. The van der Waals surface area contributed by atoms with Gasteiger partial charge in [-0.2, -0.15) is 0 Å². The molecule has 0 bridgehead atoms. The van der Waals surface area contributed by atoms with Gasteiger partial charge in [0.05, 0.1) is 19.1 Å². The maximum atomic E-state index is 11.5. The molecule has 1 N–H and O–H groups in total. The van der Waals surface area contributed by atoms with E-state index in [0.29, 0.717) is 19.5 Å². The number of hydrogen-bond acceptors (Lipinski definition) is 4. The van der Waals surface area contributed by atoms with Crippen molar-refractivity contribution < 1.29 is 14.3 Å². The molecule has 1 amide bonds. The highest BCUT2D eigenvalue weighted by molar-refractivity contribution is 5.87. The molecular formula is C9H14N2O3. The van der Waals surface area contributed by atoms with Crippen molar-refractivity contribution in [2.75, 3.05) is 26.7 Å². The van der Waals surface area contributed by atoms with Gasteiger partial charge in [0.25, 0.3) is 0 Å². The molecule has 5 heteroatoms. The first-order valence-corrected chi connectivity index (χ1v) is 4.82. The molecular weight excluding hydrogens is 184 g/mol. The molecule has 2 saturated heterocycles. The van der Waals surface area contributed by atoms with Crippen LogP contribution in [-0.2, 0) is 14.3 Å². The minimum absolute atomic E-state index is 0.00343. The summed E-state index contributed by atoms with van der Waals surface area (Å²) >= 11 is 0. The van der Waals surface area contributed by atoms with Gasteiger partial charge >= 0.3 is 5.97 Å². The summed E-state index contributed by atoms with van der Waals surface area (Å²) in [5.41, 5.74) is 0. The summed E-state index contributed by atoms with van der Waals surface area (Å²) in [6, 6.07) is 0.00343. The number of nitrogens with zero attached hydrogens (tertiary/aromatic N) is 1. The zero-order chi connectivity index (χ0) is 10.1. The molecule has 78 valence electrons. The summed E-state index contributed by atoms with van der Waals surface area (Å²) in [5, 5.41) is 3.18. The molecule has 2 unspecified atom stereocenters. The standard InChI is InChI=1S/C9H14N2O3/c1-14-9(13)6-4-8(12)11-3-2-10-5-7(6)11/h6-7,10H,2-5H2,1H3. The summed E-state index contributed by atoms with van der Waals surface area (Å²) < 4.78 is 4.69. The van der Waals surface area contributed by atoms with Gasteiger partial charge in [0.2, 0.25) is 5.91 Å². The number of esters is 1. The first-order chi connectivity index (χ1) is 6.74. The minimum atomic E-state index is -0.278. The lowest BCUT2D eigenvalue weighted by Gasteiger charge is -2.32. The maximum absolute atomic E-state index is 11.5. The van der Waals surface area contributed by atoms with Crippen molar-refractivity contribution in [1.29, 1.82) is 0 Å². The summed E-state index contributed by atoms with van der Waals surface area (Å²) in [6.07, 6.45) is 0.305. The van der Waals surface area contributed by atoms with E-state index in [0.717, 1.165) is 6.54 Å². The molecule has 2 aliphatic heterocycles. The van der Waals surface area contributed by atoms with Crippen LogP contribution in [0.2, 0.25) is 0 Å². The second-order valence-electron chi connectivity index (χ2n) is 3.69. The summed E-state index contributed by atoms with van der Waals surface area (Å²) in [5.74, 6) is -0.471. The lowest BCUT2D eigenvalue weighted by Crippen LogP contribution is -2.52. The molecule has 5 nitrogen and oxygen atoms in total. The molecule has 0 radical (unpaired) electrons. The fraction of sp³-hybridized carbons (Fsp3) is 0.778. The molecule has 0 aromatic carbocycles. The molecule has 2 heterocycles. The number of rotatable bonds is 1. The van der Waals surface area contributed by atoms with Gasteiger partial charge in [0.1, 0.15) is 0 Å². The van der Waals surface area contributed by atoms with Crippen LogP contribution in [0.1, 0.15) is 6.42 Å². The first-order valence-electron chi connectivity index (χ1n) is 4.82. The van der Waals surface area contributed by atoms with Crippen molar-refractivity contribution in [2.24, 2.45) is 5.92 Å². The lowest BCUT2D eigenvalue weighted by atomic mass is 10.00. The van der Waals surface area contributed by atoms with Crippen molar-refractivity contribution in [3.8, 4) is 0 Å². The van der Waals surface area contributed by atoms with E-state index in [1.54, 1.807) is 4.90 Å². The van der Waals surface area contributed by atoms with E-state index in [2.05, 4.69) is 10.1 Å². The second-order valence-corrected chi connectivity index (χ2v) is 3.69. The van der Waals surface area contributed by atoms with Gasteiger partial charge in [-0.1, -0.05) is 0 Å². The highest BCUT2D eigenvalue weighted by atomic mass is 16.5. The van der Waals surface area contributed by atoms with Crippen molar-refractivity contribution in [3.63, 3.8) is 0 Å². The monoisotopic (exact) mass is 198 g/mol. The number of ether oxygens (including phenoxy) is 1. The van der Waals surface area contributed by atoms with Gasteiger partial charge in [-0.25, -0.2) is 0 Å². The Morgan fingerprint density at radius 1 is 1.64 bits per heavy atom. The molecule has 0 spiro atoms. The number of hydrogen-bond donors (Lipinski definition) is 1. The van der Waals surface area contributed by atoms with Gasteiger partial charge in [0.15, 0.2) is 0 Å². The maximum Gasteiger partial charge on any atom is 0.311 e. The third kappa shape index (κ3) is 1.37. The fourth-order valence-electron chi connectivity index (χ4n) is 2.23.